The Morgan fingerprint density at radius 3 is 2.33 bits per heavy atom. The summed E-state index contributed by atoms with van der Waals surface area (Å²) in [5.41, 5.74) is 0.986. The van der Waals surface area contributed by atoms with Crippen molar-refractivity contribution < 1.29 is 40.6 Å². The Kier molecular flexibility index (Phi) is 8.05. The summed E-state index contributed by atoms with van der Waals surface area (Å²) in [6, 6.07) is 7.44. The smallest absolute Gasteiger partial charge is 0.294 e. The van der Waals surface area contributed by atoms with Crippen molar-refractivity contribution in [1.29, 1.82) is 0 Å². The van der Waals surface area contributed by atoms with E-state index in [9.17, 15) is 40.6 Å². The van der Waals surface area contributed by atoms with Crippen LogP contribution < -0.4 is 5.32 Å². The molecule has 2 aliphatic heterocycles. The molecule has 2 N–H and O–H groups in total. The number of imide groups is 2. The maximum absolute atomic E-state index is 13.2. The molecule has 0 aliphatic carbocycles. The fourth-order valence-corrected chi connectivity index (χ4v) is 7.30. The molecule has 0 bridgehead atoms. The van der Waals surface area contributed by atoms with E-state index < -0.39 is 49.6 Å². The maximum atomic E-state index is 13.2. The Morgan fingerprint density at radius 1 is 0.923 bits per heavy atom. The second kappa shape index (κ2) is 11.0. The van der Waals surface area contributed by atoms with Crippen LogP contribution in [0, 0.1) is 6.92 Å². The van der Waals surface area contributed by atoms with E-state index in [-0.39, 0.29) is 45.9 Å². The fourth-order valence-electron chi connectivity index (χ4n) is 4.97. The first kappa shape index (κ1) is 28.6. The number of nitrogens with zero attached hydrogens (tertiary/aromatic N) is 1. The van der Waals surface area contributed by atoms with Gasteiger partial charge in [0.2, 0.25) is 11.8 Å². The standard InChI is InChI=1S/C26H28N2O9S2/c1-16-10-12-20(39(35,36)37)17(15-16)7-4-2-3-5-14-38(33,34)21-9-6-8-18-23(21)26(32)28(25(18)31)19-11-13-22(29)27-24(19)30/h6,8-10,12,15,19H,2-5,7,11,13-14H2,1H3,(H,27,29,30)(H,35,36,37). The fraction of sp³-hybridized carbons (Fsp3) is 0.385. The van der Waals surface area contributed by atoms with Crippen LogP contribution in [0.3, 0.4) is 0 Å². The number of nitrogens with one attached hydrogen (secondary N) is 1. The third-order valence-corrected chi connectivity index (χ3v) is 9.66. The molecule has 11 nitrogen and oxygen atoms in total. The minimum atomic E-state index is -4.35. The van der Waals surface area contributed by atoms with Crippen LogP contribution in [-0.4, -0.2) is 61.7 Å². The van der Waals surface area contributed by atoms with E-state index in [0.717, 1.165) is 10.5 Å². The Labute approximate surface area is 226 Å². The van der Waals surface area contributed by atoms with Crippen molar-refractivity contribution in [3.63, 3.8) is 0 Å². The van der Waals surface area contributed by atoms with Gasteiger partial charge < -0.3 is 0 Å². The zero-order chi connectivity index (χ0) is 28.5. The summed E-state index contributed by atoms with van der Waals surface area (Å²) >= 11 is 0. The number of hydrogen-bond acceptors (Lipinski definition) is 8. The molecule has 4 amide bonds. The van der Waals surface area contributed by atoms with Gasteiger partial charge in [0.1, 0.15) is 6.04 Å². The van der Waals surface area contributed by atoms with Crippen molar-refractivity contribution in [2.75, 3.05) is 5.75 Å². The largest absolute Gasteiger partial charge is 0.295 e. The van der Waals surface area contributed by atoms with Gasteiger partial charge in [0, 0.05) is 6.42 Å². The molecule has 2 aromatic rings. The number of rotatable bonds is 10. The highest BCUT2D eigenvalue weighted by Gasteiger charge is 2.46. The van der Waals surface area contributed by atoms with Crippen molar-refractivity contribution in [2.45, 2.75) is 67.7 Å². The van der Waals surface area contributed by atoms with Crippen LogP contribution in [0.4, 0.5) is 0 Å². The summed E-state index contributed by atoms with van der Waals surface area (Å²) in [6.45, 7) is 1.81. The molecule has 2 aromatic carbocycles. The molecule has 1 saturated heterocycles. The topological polar surface area (TPSA) is 172 Å². The van der Waals surface area contributed by atoms with Crippen molar-refractivity contribution >= 4 is 43.6 Å². The predicted octanol–water partition coefficient (Wildman–Crippen LogP) is 2.22. The highest BCUT2D eigenvalue weighted by Crippen LogP contribution is 2.32. The van der Waals surface area contributed by atoms with Crippen LogP contribution >= 0.6 is 0 Å². The summed E-state index contributed by atoms with van der Waals surface area (Å²) in [7, 11) is -8.31. The molecule has 1 fully saturated rings. The van der Waals surface area contributed by atoms with Crippen LogP contribution in [0.25, 0.3) is 0 Å². The Morgan fingerprint density at radius 2 is 1.64 bits per heavy atom. The molecule has 0 saturated carbocycles. The summed E-state index contributed by atoms with van der Waals surface area (Å²) in [6.07, 6.45) is 2.26. The Bertz CT molecular complexity index is 1580. The van der Waals surface area contributed by atoms with Gasteiger partial charge in [-0.2, -0.15) is 8.42 Å². The molecule has 0 radical (unpaired) electrons. The van der Waals surface area contributed by atoms with E-state index in [1.807, 2.05) is 6.92 Å². The van der Waals surface area contributed by atoms with Crippen LogP contribution in [0.2, 0.25) is 0 Å². The summed E-state index contributed by atoms with van der Waals surface area (Å²) in [4.78, 5) is 50.2. The molecule has 2 aliphatic rings. The second-order valence-electron chi connectivity index (χ2n) is 9.70. The molecule has 4 rings (SSSR count). The highest BCUT2D eigenvalue weighted by atomic mass is 32.2. The summed E-state index contributed by atoms with van der Waals surface area (Å²) < 4.78 is 59.0. The van der Waals surface area contributed by atoms with Gasteiger partial charge in [-0.25, -0.2) is 8.42 Å². The van der Waals surface area contributed by atoms with E-state index in [1.165, 1.54) is 24.3 Å². The van der Waals surface area contributed by atoms with Crippen molar-refractivity contribution in [3.8, 4) is 0 Å². The van der Waals surface area contributed by atoms with Crippen molar-refractivity contribution in [1.82, 2.24) is 10.2 Å². The van der Waals surface area contributed by atoms with Gasteiger partial charge in [0.25, 0.3) is 21.9 Å². The van der Waals surface area contributed by atoms with Gasteiger partial charge in [0.15, 0.2) is 9.84 Å². The number of aryl methyl sites for hydroxylation is 2. The number of fused-ring (bicyclic) bond motifs is 1. The molecular weight excluding hydrogens is 548 g/mol. The molecule has 0 spiro atoms. The summed E-state index contributed by atoms with van der Waals surface area (Å²) in [5, 5.41) is 2.10. The molecule has 39 heavy (non-hydrogen) atoms. The highest BCUT2D eigenvalue weighted by molar-refractivity contribution is 7.91. The first-order valence-corrected chi connectivity index (χ1v) is 15.5. The van der Waals surface area contributed by atoms with Gasteiger partial charge in [-0.05, 0) is 56.4 Å². The molecular formula is C26H28N2O9S2. The predicted molar refractivity (Wildman–Crippen MR) is 138 cm³/mol. The average molecular weight is 577 g/mol. The number of unbranched alkanes of at least 4 members (excludes halogenated alkanes) is 3. The number of amides is 4. The zero-order valence-corrected chi connectivity index (χ0v) is 22.8. The minimum Gasteiger partial charge on any atom is -0.295 e. The molecule has 1 unspecified atom stereocenters. The normalized spacial score (nSPS) is 17.9. The van der Waals surface area contributed by atoms with Gasteiger partial charge in [-0.15, -0.1) is 0 Å². The third kappa shape index (κ3) is 5.94. The Balaban J connectivity index is 1.40. The molecule has 1 atom stereocenters. The van der Waals surface area contributed by atoms with Gasteiger partial charge in [-0.1, -0.05) is 36.6 Å². The van der Waals surface area contributed by atoms with Crippen molar-refractivity contribution in [3.05, 3.63) is 58.7 Å². The number of sulfone groups is 1. The number of hydrogen-bond donors (Lipinski definition) is 2. The van der Waals surface area contributed by atoms with Crippen LogP contribution in [-0.2, 0) is 36.0 Å². The lowest BCUT2D eigenvalue weighted by Gasteiger charge is -2.27. The van der Waals surface area contributed by atoms with Gasteiger partial charge >= 0.3 is 0 Å². The first-order valence-electron chi connectivity index (χ1n) is 12.5. The van der Waals surface area contributed by atoms with Crippen LogP contribution in [0.1, 0.15) is 70.4 Å². The Hall–Kier alpha value is -3.42. The lowest BCUT2D eigenvalue weighted by atomic mass is 10.0. The van der Waals surface area contributed by atoms with Gasteiger partial charge in [0.05, 0.1) is 26.7 Å². The molecule has 208 valence electrons. The molecule has 0 aromatic heterocycles. The van der Waals surface area contributed by atoms with E-state index in [2.05, 4.69) is 5.32 Å². The monoisotopic (exact) mass is 576 g/mol. The van der Waals surface area contributed by atoms with Crippen LogP contribution in [0.5, 0.6) is 0 Å². The van der Waals surface area contributed by atoms with E-state index >= 15 is 0 Å². The SMILES string of the molecule is Cc1ccc(S(=O)(=O)O)c(CCCCCCS(=O)(=O)c2cccc3c2C(=O)N(C2CCC(=O)NC2=O)C3=O)c1. The lowest BCUT2D eigenvalue weighted by molar-refractivity contribution is -0.136. The maximum Gasteiger partial charge on any atom is 0.294 e. The second-order valence-corrected chi connectivity index (χ2v) is 13.2. The number of benzene rings is 2. The molecule has 13 heteroatoms. The number of carbonyl (C=O) groups is 4. The third-order valence-electron chi connectivity index (χ3n) is 6.87. The van der Waals surface area contributed by atoms with Crippen LogP contribution in [0.15, 0.2) is 46.2 Å². The summed E-state index contributed by atoms with van der Waals surface area (Å²) in [5.74, 6) is -3.21. The molecule has 2 heterocycles. The minimum absolute atomic E-state index is 0.0352. The quantitative estimate of drug-likeness (QED) is 0.244. The zero-order valence-electron chi connectivity index (χ0n) is 21.2. The first-order chi connectivity index (χ1) is 18.3. The lowest BCUT2D eigenvalue weighted by Crippen LogP contribution is -2.54. The van der Waals surface area contributed by atoms with E-state index in [0.29, 0.717) is 31.2 Å². The van der Waals surface area contributed by atoms with E-state index in [4.69, 9.17) is 0 Å². The number of carbonyl (C=O) groups excluding carboxylic acids is 4. The number of piperidine rings is 1. The van der Waals surface area contributed by atoms with E-state index in [1.54, 1.807) is 12.1 Å². The average Bonchev–Trinajstić information content (AvgIpc) is 3.10. The van der Waals surface area contributed by atoms with Gasteiger partial charge in [-0.3, -0.25) is 33.9 Å². The van der Waals surface area contributed by atoms with Crippen molar-refractivity contribution in [2.24, 2.45) is 0 Å².